The molecule has 3 rings (SSSR count). The lowest BCUT2D eigenvalue weighted by atomic mass is 10.0. The van der Waals surface area contributed by atoms with Crippen LogP contribution < -0.4 is 0 Å². The number of rotatable bonds is 4. The van der Waals surface area contributed by atoms with Crippen LogP contribution in [0, 0.1) is 0 Å². The maximum Gasteiger partial charge on any atom is 0.326 e. The second-order valence-electron chi connectivity index (χ2n) is 6.22. The van der Waals surface area contributed by atoms with Crippen LogP contribution in [0.2, 0.25) is 0 Å². The van der Waals surface area contributed by atoms with Gasteiger partial charge in [-0.2, -0.15) is 0 Å². The summed E-state index contributed by atoms with van der Waals surface area (Å²) in [4.78, 5) is 25.4. The first-order chi connectivity index (χ1) is 11.1. The van der Waals surface area contributed by atoms with Crippen molar-refractivity contribution >= 4 is 22.8 Å². The summed E-state index contributed by atoms with van der Waals surface area (Å²) in [6.07, 6.45) is 5.40. The summed E-state index contributed by atoms with van der Waals surface area (Å²) in [5.74, 6) is -0.937. The van der Waals surface area contributed by atoms with E-state index < -0.39 is 12.0 Å². The van der Waals surface area contributed by atoms with Gasteiger partial charge < -0.3 is 14.6 Å². The van der Waals surface area contributed by atoms with Crippen molar-refractivity contribution in [3.05, 3.63) is 36.0 Å². The van der Waals surface area contributed by atoms with E-state index in [1.165, 1.54) is 0 Å². The van der Waals surface area contributed by atoms with Crippen molar-refractivity contribution in [2.45, 2.75) is 38.1 Å². The molecule has 0 radical (unpaired) electrons. The summed E-state index contributed by atoms with van der Waals surface area (Å²) in [6.45, 7) is 0.561. The first-order valence-electron chi connectivity index (χ1n) is 8.13. The lowest BCUT2D eigenvalue weighted by molar-refractivity contribution is -0.152. The van der Waals surface area contributed by atoms with Crippen molar-refractivity contribution in [2.24, 2.45) is 7.05 Å². The van der Waals surface area contributed by atoms with E-state index in [1.807, 2.05) is 19.2 Å². The number of amides is 1. The van der Waals surface area contributed by atoms with Crippen LogP contribution in [0.3, 0.4) is 0 Å². The third-order valence-corrected chi connectivity index (χ3v) is 4.70. The van der Waals surface area contributed by atoms with Gasteiger partial charge in [0.25, 0.3) is 0 Å². The Bertz CT molecular complexity index is 735. The highest BCUT2D eigenvalue weighted by Crippen LogP contribution is 2.23. The number of benzene rings is 1. The van der Waals surface area contributed by atoms with E-state index in [4.69, 9.17) is 0 Å². The molecule has 5 nitrogen and oxygen atoms in total. The van der Waals surface area contributed by atoms with Gasteiger partial charge in [-0.3, -0.25) is 4.79 Å². The predicted molar refractivity (Wildman–Crippen MR) is 88.2 cm³/mol. The third-order valence-electron chi connectivity index (χ3n) is 4.70. The summed E-state index contributed by atoms with van der Waals surface area (Å²) in [6, 6.07) is 7.48. The number of hydrogen-bond donors (Lipinski definition) is 1. The fourth-order valence-electron chi connectivity index (χ4n) is 3.50. The van der Waals surface area contributed by atoms with Gasteiger partial charge in [0.05, 0.1) is 0 Å². The first kappa shape index (κ1) is 15.6. The average Bonchev–Trinajstić information content (AvgIpc) is 2.89. The molecule has 2 heterocycles. The van der Waals surface area contributed by atoms with Crippen molar-refractivity contribution in [2.75, 3.05) is 6.54 Å². The highest BCUT2D eigenvalue weighted by atomic mass is 16.4. The Kier molecular flexibility index (Phi) is 4.37. The van der Waals surface area contributed by atoms with Crippen molar-refractivity contribution in [1.82, 2.24) is 9.47 Å². The molecule has 0 saturated carbocycles. The van der Waals surface area contributed by atoms with Gasteiger partial charge in [-0.05, 0) is 37.3 Å². The van der Waals surface area contributed by atoms with Crippen LogP contribution in [-0.4, -0.2) is 39.0 Å². The first-order valence-corrected chi connectivity index (χ1v) is 8.13. The van der Waals surface area contributed by atoms with E-state index in [0.717, 1.165) is 29.3 Å². The molecule has 1 aliphatic rings. The number of carbonyl (C=O) groups is 2. The second kappa shape index (κ2) is 6.44. The monoisotopic (exact) mass is 314 g/mol. The SMILES string of the molecule is Cn1cc(CCC(=O)N2CCCC[C@H]2C(=O)O)c2ccccc21. The summed E-state index contributed by atoms with van der Waals surface area (Å²) in [5.41, 5.74) is 2.29. The Morgan fingerprint density at radius 2 is 2.04 bits per heavy atom. The zero-order valence-electron chi connectivity index (χ0n) is 13.4. The number of aliphatic carboxylic acids is 1. The van der Waals surface area contributed by atoms with Crippen molar-refractivity contribution in [1.29, 1.82) is 0 Å². The molecule has 1 aromatic heterocycles. The number of aromatic nitrogens is 1. The van der Waals surface area contributed by atoms with Crippen LogP contribution in [0.4, 0.5) is 0 Å². The highest BCUT2D eigenvalue weighted by Gasteiger charge is 2.31. The lowest BCUT2D eigenvalue weighted by Gasteiger charge is -2.33. The zero-order valence-corrected chi connectivity index (χ0v) is 13.4. The number of para-hydroxylation sites is 1. The van der Waals surface area contributed by atoms with E-state index >= 15 is 0 Å². The Labute approximate surface area is 135 Å². The molecular weight excluding hydrogens is 292 g/mol. The van der Waals surface area contributed by atoms with Gasteiger partial charge in [0.15, 0.2) is 0 Å². The molecule has 1 fully saturated rings. The predicted octanol–water partition coefficient (Wildman–Crippen LogP) is 2.58. The molecule has 1 N–H and O–H groups in total. The van der Waals surface area contributed by atoms with Crippen molar-refractivity contribution < 1.29 is 14.7 Å². The molecule has 1 saturated heterocycles. The summed E-state index contributed by atoms with van der Waals surface area (Å²) < 4.78 is 2.07. The van der Waals surface area contributed by atoms with Gasteiger partial charge >= 0.3 is 5.97 Å². The summed E-state index contributed by atoms with van der Waals surface area (Å²) in [5, 5.41) is 10.5. The van der Waals surface area contributed by atoms with Gasteiger partial charge in [0.1, 0.15) is 6.04 Å². The molecule has 1 atom stereocenters. The van der Waals surface area contributed by atoms with Crippen LogP contribution >= 0.6 is 0 Å². The number of hydrogen-bond acceptors (Lipinski definition) is 2. The highest BCUT2D eigenvalue weighted by molar-refractivity contribution is 5.86. The van der Waals surface area contributed by atoms with E-state index in [9.17, 15) is 14.7 Å². The minimum atomic E-state index is -0.886. The van der Waals surface area contributed by atoms with Gasteiger partial charge in [0, 0.05) is 37.1 Å². The largest absolute Gasteiger partial charge is 0.480 e. The third kappa shape index (κ3) is 3.09. The number of carboxylic acid groups (broad SMARTS) is 1. The van der Waals surface area contributed by atoms with Crippen molar-refractivity contribution in [3.63, 3.8) is 0 Å². The number of fused-ring (bicyclic) bond motifs is 1. The van der Waals surface area contributed by atoms with E-state index in [-0.39, 0.29) is 5.91 Å². The van der Waals surface area contributed by atoms with Gasteiger partial charge in [-0.25, -0.2) is 4.79 Å². The number of nitrogens with zero attached hydrogens (tertiary/aromatic N) is 2. The quantitative estimate of drug-likeness (QED) is 0.943. The molecule has 5 heteroatoms. The molecule has 23 heavy (non-hydrogen) atoms. The topological polar surface area (TPSA) is 62.5 Å². The number of carboxylic acids is 1. The molecule has 0 bridgehead atoms. The Morgan fingerprint density at radius 3 is 2.83 bits per heavy atom. The molecule has 1 aromatic carbocycles. The Balaban J connectivity index is 1.71. The lowest BCUT2D eigenvalue weighted by Crippen LogP contribution is -2.48. The van der Waals surface area contributed by atoms with Gasteiger partial charge in [-0.1, -0.05) is 18.2 Å². The Morgan fingerprint density at radius 1 is 1.26 bits per heavy atom. The molecule has 2 aromatic rings. The average molecular weight is 314 g/mol. The van der Waals surface area contributed by atoms with Crippen molar-refractivity contribution in [3.8, 4) is 0 Å². The summed E-state index contributed by atoms with van der Waals surface area (Å²) >= 11 is 0. The number of carbonyl (C=O) groups excluding carboxylic acids is 1. The zero-order chi connectivity index (χ0) is 16.4. The molecule has 122 valence electrons. The van der Waals surface area contributed by atoms with Gasteiger partial charge in [0.2, 0.25) is 5.91 Å². The summed E-state index contributed by atoms with van der Waals surface area (Å²) in [7, 11) is 2.00. The number of aryl methyl sites for hydroxylation is 2. The molecule has 1 amide bonds. The van der Waals surface area contributed by atoms with Crippen LogP contribution in [0.15, 0.2) is 30.5 Å². The standard InChI is InChI=1S/C18H22N2O3/c1-19-12-13(14-6-2-3-7-15(14)19)9-10-17(21)20-11-5-4-8-16(20)18(22)23/h2-3,6-7,12,16H,4-5,8-11H2,1H3,(H,22,23)/t16-/m0/s1. The van der Waals surface area contributed by atoms with E-state index in [0.29, 0.717) is 25.8 Å². The maximum atomic E-state index is 12.5. The molecule has 0 spiro atoms. The van der Waals surface area contributed by atoms with Crippen LogP contribution in [0.5, 0.6) is 0 Å². The fraction of sp³-hybridized carbons (Fsp3) is 0.444. The molecule has 1 aliphatic heterocycles. The smallest absolute Gasteiger partial charge is 0.326 e. The Hall–Kier alpha value is -2.30. The number of piperidine rings is 1. The van der Waals surface area contributed by atoms with E-state index in [2.05, 4.69) is 22.9 Å². The van der Waals surface area contributed by atoms with Crippen LogP contribution in [-0.2, 0) is 23.1 Å². The molecule has 0 aliphatic carbocycles. The normalized spacial score (nSPS) is 18.3. The van der Waals surface area contributed by atoms with Crippen LogP contribution in [0.1, 0.15) is 31.2 Å². The maximum absolute atomic E-state index is 12.5. The van der Waals surface area contributed by atoms with Crippen LogP contribution in [0.25, 0.3) is 10.9 Å². The molecular formula is C18H22N2O3. The number of likely N-dealkylation sites (tertiary alicyclic amines) is 1. The molecule has 0 unspecified atom stereocenters. The van der Waals surface area contributed by atoms with E-state index in [1.54, 1.807) is 4.90 Å². The fourth-order valence-corrected chi connectivity index (χ4v) is 3.50. The second-order valence-corrected chi connectivity index (χ2v) is 6.22. The minimum absolute atomic E-state index is 0.0509. The van der Waals surface area contributed by atoms with Gasteiger partial charge in [-0.15, -0.1) is 0 Å². The minimum Gasteiger partial charge on any atom is -0.480 e.